The van der Waals surface area contributed by atoms with Gasteiger partial charge >= 0.3 is 6.08 Å². The second kappa shape index (κ2) is 6.30. The second-order valence-electron chi connectivity index (χ2n) is 7.23. The first-order chi connectivity index (χ1) is 11.4. The van der Waals surface area contributed by atoms with Gasteiger partial charge in [-0.2, -0.15) is 4.98 Å². The zero-order chi connectivity index (χ0) is 17.3. The number of carbonyl (C=O) groups excluding carboxylic acids is 1. The normalized spacial score (nSPS) is 18.0. The number of aromatic nitrogens is 1. The van der Waals surface area contributed by atoms with Gasteiger partial charge in [0.15, 0.2) is 11.7 Å². The van der Waals surface area contributed by atoms with Gasteiger partial charge in [-0.3, -0.25) is 4.79 Å². The Balaban J connectivity index is 1.69. The van der Waals surface area contributed by atoms with Crippen molar-refractivity contribution >= 4 is 17.0 Å². The Kier molecular flexibility index (Phi) is 4.35. The molecule has 1 aliphatic carbocycles. The van der Waals surface area contributed by atoms with Gasteiger partial charge in [0, 0.05) is 5.70 Å². The highest BCUT2D eigenvalue weighted by Gasteiger charge is 2.31. The highest BCUT2D eigenvalue weighted by molar-refractivity contribution is 5.83. The predicted molar refractivity (Wildman–Crippen MR) is 92.6 cm³/mol. The fourth-order valence-electron chi connectivity index (χ4n) is 3.24. The average molecular weight is 328 g/mol. The molecule has 24 heavy (non-hydrogen) atoms. The van der Waals surface area contributed by atoms with Crippen LogP contribution in [-0.4, -0.2) is 17.0 Å². The van der Waals surface area contributed by atoms with E-state index < -0.39 is 6.10 Å². The number of hydrogen-bond acceptors (Lipinski definition) is 4. The molecule has 1 aromatic heterocycles. The van der Waals surface area contributed by atoms with Crippen molar-refractivity contribution in [3.05, 3.63) is 35.5 Å². The number of nitrogens with one attached hydrogen (secondary N) is 1. The minimum absolute atomic E-state index is 0.135. The van der Waals surface area contributed by atoms with E-state index in [0.717, 1.165) is 24.1 Å². The summed E-state index contributed by atoms with van der Waals surface area (Å²) >= 11 is 0. The maximum absolute atomic E-state index is 12.6. The lowest BCUT2D eigenvalue weighted by molar-refractivity contribution is -0.128. The lowest BCUT2D eigenvalue weighted by atomic mass is 9.89. The van der Waals surface area contributed by atoms with Crippen LogP contribution in [0.5, 0.6) is 6.08 Å². The molecule has 3 rings (SSSR count). The lowest BCUT2D eigenvalue weighted by Crippen LogP contribution is -2.37. The lowest BCUT2D eigenvalue weighted by Gasteiger charge is -2.18. The first-order valence-corrected chi connectivity index (χ1v) is 8.40. The number of benzene rings is 1. The van der Waals surface area contributed by atoms with E-state index in [1.165, 1.54) is 5.57 Å². The zero-order valence-corrected chi connectivity index (χ0v) is 14.7. The predicted octanol–water partition coefficient (Wildman–Crippen LogP) is 4.20. The minimum Gasteiger partial charge on any atom is -0.437 e. The number of para-hydroxylation sites is 2. The Bertz CT molecular complexity index is 756. The molecule has 1 N–H and O–H groups in total. The zero-order valence-electron chi connectivity index (χ0n) is 14.7. The van der Waals surface area contributed by atoms with Gasteiger partial charge < -0.3 is 14.5 Å². The van der Waals surface area contributed by atoms with Gasteiger partial charge in [-0.15, -0.1) is 0 Å². The third kappa shape index (κ3) is 3.45. The minimum atomic E-state index is -0.623. The standard InChI is InChI=1S/C19H24N2O3/c1-5-15(17(22)20-14-11-19(3,4)10-12(14)2)23-18-21-13-8-6-7-9-16(13)24-18/h6-9,15H,5,10-11H2,1-4H3,(H,20,22). The molecular formula is C19H24N2O3. The summed E-state index contributed by atoms with van der Waals surface area (Å²) in [5.74, 6) is -0.146. The van der Waals surface area contributed by atoms with Crippen LogP contribution >= 0.6 is 0 Å². The number of allylic oxidation sites excluding steroid dienone is 2. The number of fused-ring (bicyclic) bond motifs is 1. The van der Waals surface area contributed by atoms with Gasteiger partial charge in [0.1, 0.15) is 5.52 Å². The van der Waals surface area contributed by atoms with E-state index in [4.69, 9.17) is 9.15 Å². The van der Waals surface area contributed by atoms with Crippen LogP contribution in [0.1, 0.15) is 47.0 Å². The smallest absolute Gasteiger partial charge is 0.395 e. The molecule has 1 unspecified atom stereocenters. The summed E-state index contributed by atoms with van der Waals surface area (Å²) in [4.78, 5) is 16.8. The van der Waals surface area contributed by atoms with Crippen molar-refractivity contribution in [1.29, 1.82) is 0 Å². The molecule has 1 heterocycles. The Hall–Kier alpha value is -2.30. The third-order valence-corrected chi connectivity index (χ3v) is 4.37. The molecule has 5 heteroatoms. The number of amides is 1. The molecule has 5 nitrogen and oxygen atoms in total. The molecule has 2 aromatic rings. The van der Waals surface area contributed by atoms with E-state index in [9.17, 15) is 4.79 Å². The van der Waals surface area contributed by atoms with E-state index in [-0.39, 0.29) is 17.4 Å². The molecule has 1 aliphatic rings. The summed E-state index contributed by atoms with van der Waals surface area (Å²) in [7, 11) is 0. The van der Waals surface area contributed by atoms with Gasteiger partial charge in [0.25, 0.3) is 5.91 Å². The quantitative estimate of drug-likeness (QED) is 0.893. The molecule has 1 amide bonds. The van der Waals surface area contributed by atoms with E-state index in [0.29, 0.717) is 12.0 Å². The summed E-state index contributed by atoms with van der Waals surface area (Å²) in [6, 6.07) is 7.43. The monoisotopic (exact) mass is 328 g/mol. The van der Waals surface area contributed by atoms with Gasteiger partial charge in [-0.05, 0) is 43.7 Å². The molecule has 0 radical (unpaired) electrons. The van der Waals surface area contributed by atoms with Crippen LogP contribution in [0.4, 0.5) is 0 Å². The topological polar surface area (TPSA) is 64.4 Å². The maximum Gasteiger partial charge on any atom is 0.395 e. The molecule has 0 saturated heterocycles. The first-order valence-electron chi connectivity index (χ1n) is 8.40. The number of hydrogen-bond donors (Lipinski definition) is 1. The highest BCUT2D eigenvalue weighted by Crippen LogP contribution is 2.39. The summed E-state index contributed by atoms with van der Waals surface area (Å²) in [5.41, 5.74) is 3.84. The molecule has 0 saturated carbocycles. The third-order valence-electron chi connectivity index (χ3n) is 4.37. The van der Waals surface area contributed by atoms with Crippen molar-refractivity contribution in [2.75, 3.05) is 0 Å². The second-order valence-corrected chi connectivity index (χ2v) is 7.23. The van der Waals surface area contributed by atoms with E-state index >= 15 is 0 Å². The fourth-order valence-corrected chi connectivity index (χ4v) is 3.24. The van der Waals surface area contributed by atoms with E-state index in [1.54, 1.807) is 0 Å². The van der Waals surface area contributed by atoms with E-state index in [1.807, 2.05) is 31.2 Å². The molecule has 0 bridgehead atoms. The Morgan fingerprint density at radius 3 is 2.75 bits per heavy atom. The Labute approximate surface area is 142 Å². The molecular weight excluding hydrogens is 304 g/mol. The molecule has 1 atom stereocenters. The number of oxazole rings is 1. The average Bonchev–Trinajstić information content (AvgIpc) is 3.04. The Morgan fingerprint density at radius 2 is 2.12 bits per heavy atom. The van der Waals surface area contributed by atoms with Crippen LogP contribution in [0.15, 0.2) is 40.0 Å². The van der Waals surface area contributed by atoms with Crippen LogP contribution in [0, 0.1) is 5.41 Å². The van der Waals surface area contributed by atoms with Crippen molar-refractivity contribution in [1.82, 2.24) is 10.3 Å². The van der Waals surface area contributed by atoms with Crippen molar-refractivity contribution in [3.8, 4) is 6.08 Å². The van der Waals surface area contributed by atoms with Crippen molar-refractivity contribution in [2.24, 2.45) is 5.41 Å². The van der Waals surface area contributed by atoms with Crippen LogP contribution in [0.2, 0.25) is 0 Å². The molecule has 128 valence electrons. The molecule has 0 aliphatic heterocycles. The van der Waals surface area contributed by atoms with Gasteiger partial charge in [-0.25, -0.2) is 0 Å². The van der Waals surface area contributed by atoms with E-state index in [2.05, 4.69) is 31.1 Å². The van der Waals surface area contributed by atoms with Gasteiger partial charge in [0.05, 0.1) is 0 Å². The van der Waals surface area contributed by atoms with Crippen LogP contribution in [0.3, 0.4) is 0 Å². The number of carbonyl (C=O) groups is 1. The van der Waals surface area contributed by atoms with Crippen molar-refractivity contribution < 1.29 is 13.9 Å². The molecule has 0 fully saturated rings. The fraction of sp³-hybridized carbons (Fsp3) is 0.474. The van der Waals surface area contributed by atoms with Gasteiger partial charge in [-0.1, -0.05) is 38.5 Å². The largest absolute Gasteiger partial charge is 0.437 e. The summed E-state index contributed by atoms with van der Waals surface area (Å²) in [6.45, 7) is 8.41. The van der Waals surface area contributed by atoms with Crippen LogP contribution in [-0.2, 0) is 4.79 Å². The maximum atomic E-state index is 12.6. The van der Waals surface area contributed by atoms with Crippen molar-refractivity contribution in [3.63, 3.8) is 0 Å². The van der Waals surface area contributed by atoms with Crippen molar-refractivity contribution in [2.45, 2.75) is 53.1 Å². The Morgan fingerprint density at radius 1 is 1.38 bits per heavy atom. The number of rotatable bonds is 5. The van der Waals surface area contributed by atoms with Crippen LogP contribution in [0.25, 0.3) is 11.1 Å². The summed E-state index contributed by atoms with van der Waals surface area (Å²) in [6.07, 6.45) is 1.94. The molecule has 1 aromatic carbocycles. The van der Waals surface area contributed by atoms with Crippen LogP contribution < -0.4 is 10.1 Å². The molecule has 0 spiro atoms. The highest BCUT2D eigenvalue weighted by atomic mass is 16.6. The first kappa shape index (κ1) is 16.6. The number of ether oxygens (including phenoxy) is 1. The summed E-state index contributed by atoms with van der Waals surface area (Å²) in [5, 5.41) is 3.04. The van der Waals surface area contributed by atoms with Gasteiger partial charge in [0.2, 0.25) is 0 Å². The summed E-state index contributed by atoms with van der Waals surface area (Å²) < 4.78 is 11.2. The SMILES string of the molecule is CCC(Oc1nc2ccccc2o1)C(=O)NC1=C(C)CC(C)(C)C1. The number of nitrogens with zero attached hydrogens (tertiary/aromatic N) is 1.